The fourth-order valence-corrected chi connectivity index (χ4v) is 8.56. The summed E-state index contributed by atoms with van der Waals surface area (Å²) in [6, 6.07) is 59.1. The summed E-state index contributed by atoms with van der Waals surface area (Å²) in [6.45, 7) is 0. The van der Waals surface area contributed by atoms with Gasteiger partial charge in [-0.1, -0.05) is 121 Å². The molecule has 0 fully saturated rings. The average molecular weight is 618 g/mol. The number of thiophene rings is 1. The van der Waals surface area contributed by atoms with Crippen molar-refractivity contribution in [3.05, 3.63) is 164 Å². The van der Waals surface area contributed by atoms with Crippen molar-refractivity contribution in [1.82, 2.24) is 0 Å². The number of furan rings is 1. The van der Waals surface area contributed by atoms with E-state index in [0.29, 0.717) is 0 Å². The van der Waals surface area contributed by atoms with Crippen molar-refractivity contribution in [2.24, 2.45) is 0 Å². The summed E-state index contributed by atoms with van der Waals surface area (Å²) in [5, 5.41) is 9.69. The fraction of sp³-hybridized carbons (Fsp3) is 0. The van der Waals surface area contributed by atoms with Crippen molar-refractivity contribution in [3.63, 3.8) is 0 Å². The van der Waals surface area contributed by atoms with Crippen molar-refractivity contribution < 1.29 is 4.42 Å². The van der Waals surface area contributed by atoms with Gasteiger partial charge in [0.15, 0.2) is 0 Å². The number of hydrogen-bond donors (Lipinski definition) is 0. The minimum atomic E-state index is 0.890. The van der Waals surface area contributed by atoms with Crippen molar-refractivity contribution in [1.29, 1.82) is 0 Å². The van der Waals surface area contributed by atoms with E-state index in [1.165, 1.54) is 58.5 Å². The van der Waals surface area contributed by atoms with Crippen LogP contribution in [0.1, 0.15) is 0 Å². The van der Waals surface area contributed by atoms with E-state index in [9.17, 15) is 0 Å². The van der Waals surface area contributed by atoms with Crippen LogP contribution in [-0.2, 0) is 0 Å². The highest BCUT2D eigenvalue weighted by Gasteiger charge is 2.26. The van der Waals surface area contributed by atoms with Gasteiger partial charge >= 0.3 is 0 Å². The molecule has 0 radical (unpaired) electrons. The summed E-state index contributed by atoms with van der Waals surface area (Å²) in [7, 11) is 0. The molecule has 2 aromatic heterocycles. The Morgan fingerprint density at radius 1 is 0.426 bits per heavy atom. The van der Waals surface area contributed by atoms with Crippen LogP contribution >= 0.6 is 11.3 Å². The van der Waals surface area contributed by atoms with Gasteiger partial charge in [0.05, 0.1) is 11.4 Å². The molecule has 0 N–H and O–H groups in total. The molecular formula is C44H27NOS. The van der Waals surface area contributed by atoms with Gasteiger partial charge in [-0.25, -0.2) is 0 Å². The van der Waals surface area contributed by atoms with Gasteiger partial charge in [-0.2, -0.15) is 0 Å². The van der Waals surface area contributed by atoms with E-state index in [1.54, 1.807) is 0 Å². The summed E-state index contributed by atoms with van der Waals surface area (Å²) >= 11 is 1.85. The topological polar surface area (TPSA) is 16.4 Å². The molecule has 2 nitrogen and oxygen atoms in total. The average Bonchev–Trinajstić information content (AvgIpc) is 3.71. The molecule has 0 aliphatic rings. The van der Waals surface area contributed by atoms with Crippen LogP contribution in [0, 0.1) is 0 Å². The molecule has 0 atom stereocenters. The second-order valence-electron chi connectivity index (χ2n) is 12.0. The molecule has 0 bridgehead atoms. The minimum Gasteiger partial charge on any atom is -0.456 e. The number of anilines is 3. The van der Waals surface area contributed by atoms with Crippen LogP contribution in [0.15, 0.2) is 168 Å². The maximum atomic E-state index is 6.32. The highest BCUT2D eigenvalue weighted by atomic mass is 32.1. The minimum absolute atomic E-state index is 0.890. The van der Waals surface area contributed by atoms with Gasteiger partial charge in [-0.05, 0) is 64.2 Å². The maximum absolute atomic E-state index is 6.32. The number of benzene rings is 8. The second-order valence-corrected chi connectivity index (χ2v) is 13.1. The Balaban J connectivity index is 1.42. The third-order valence-electron chi connectivity index (χ3n) is 9.43. The monoisotopic (exact) mass is 617 g/mol. The third-order valence-corrected chi connectivity index (χ3v) is 10.6. The molecule has 10 rings (SSSR count). The summed E-state index contributed by atoms with van der Waals surface area (Å²) < 4.78 is 8.88. The standard InChI is InChI=1S/C44H27NOS/c1-2-13-28(14-3-1)42-33-18-6-4-15-30(33)31-16-5-7-19-34(31)44(42)45(29-25-26-39-36(27-29)32-17-8-10-22-38(32)46-39)37-21-12-24-41-43(37)35-20-9-11-23-40(35)47-41/h1-27H. The second kappa shape index (κ2) is 10.3. The molecule has 10 aromatic rings. The van der Waals surface area contributed by atoms with Gasteiger partial charge in [0.1, 0.15) is 11.2 Å². The van der Waals surface area contributed by atoms with Crippen LogP contribution in [0.5, 0.6) is 0 Å². The SMILES string of the molecule is c1ccc(-c2c(N(c3ccc4oc5ccccc5c4c3)c3cccc4sc5ccccc5c34)c3ccccc3c3ccccc23)cc1. The molecule has 47 heavy (non-hydrogen) atoms. The summed E-state index contributed by atoms with van der Waals surface area (Å²) in [5.74, 6) is 0. The Hall–Kier alpha value is -5.90. The molecule has 0 saturated carbocycles. The number of para-hydroxylation sites is 1. The van der Waals surface area contributed by atoms with Crippen LogP contribution < -0.4 is 4.90 Å². The highest BCUT2D eigenvalue weighted by Crippen LogP contribution is 2.52. The molecule has 0 aliphatic carbocycles. The van der Waals surface area contributed by atoms with E-state index in [1.807, 2.05) is 17.4 Å². The summed E-state index contributed by atoms with van der Waals surface area (Å²) in [5.41, 5.74) is 7.61. The lowest BCUT2D eigenvalue weighted by Crippen LogP contribution is -2.12. The molecule has 8 aromatic carbocycles. The zero-order valence-corrected chi connectivity index (χ0v) is 26.2. The summed E-state index contributed by atoms with van der Waals surface area (Å²) in [4.78, 5) is 2.51. The van der Waals surface area contributed by atoms with Crippen LogP contribution in [0.2, 0.25) is 0 Å². The van der Waals surface area contributed by atoms with Gasteiger partial charge in [0.25, 0.3) is 0 Å². The Bertz CT molecular complexity index is 2810. The van der Waals surface area contributed by atoms with Crippen molar-refractivity contribution in [2.75, 3.05) is 4.90 Å². The Kier molecular flexibility index (Phi) is 5.78. The van der Waals surface area contributed by atoms with E-state index >= 15 is 0 Å². The van der Waals surface area contributed by atoms with E-state index in [4.69, 9.17) is 4.42 Å². The first-order valence-corrected chi connectivity index (χ1v) is 16.8. The van der Waals surface area contributed by atoms with Crippen LogP contribution in [0.25, 0.3) is 74.8 Å². The van der Waals surface area contributed by atoms with E-state index in [0.717, 1.165) is 33.3 Å². The third kappa shape index (κ3) is 3.97. The largest absolute Gasteiger partial charge is 0.456 e. The van der Waals surface area contributed by atoms with Gasteiger partial charge in [-0.3, -0.25) is 0 Å². The van der Waals surface area contributed by atoms with E-state index in [-0.39, 0.29) is 0 Å². The Morgan fingerprint density at radius 2 is 1.04 bits per heavy atom. The first kappa shape index (κ1) is 26.3. The molecule has 0 spiro atoms. The Labute approximate surface area is 275 Å². The van der Waals surface area contributed by atoms with Crippen molar-refractivity contribution in [3.8, 4) is 11.1 Å². The highest BCUT2D eigenvalue weighted by molar-refractivity contribution is 7.26. The van der Waals surface area contributed by atoms with Gasteiger partial charge in [0, 0.05) is 47.6 Å². The lowest BCUT2D eigenvalue weighted by Gasteiger charge is -2.31. The lowest BCUT2D eigenvalue weighted by molar-refractivity contribution is 0.669. The summed E-state index contributed by atoms with van der Waals surface area (Å²) in [6.07, 6.45) is 0. The maximum Gasteiger partial charge on any atom is 0.135 e. The van der Waals surface area contributed by atoms with E-state index < -0.39 is 0 Å². The van der Waals surface area contributed by atoms with Gasteiger partial charge in [-0.15, -0.1) is 11.3 Å². The number of hydrogen-bond acceptors (Lipinski definition) is 3. The van der Waals surface area contributed by atoms with Crippen LogP contribution in [0.4, 0.5) is 17.1 Å². The van der Waals surface area contributed by atoms with Crippen molar-refractivity contribution in [2.45, 2.75) is 0 Å². The molecule has 3 heteroatoms. The lowest BCUT2D eigenvalue weighted by atomic mass is 9.89. The number of fused-ring (bicyclic) bond motifs is 9. The molecule has 0 saturated heterocycles. The zero-order chi connectivity index (χ0) is 30.9. The molecule has 0 amide bonds. The predicted molar refractivity (Wildman–Crippen MR) is 202 cm³/mol. The normalized spacial score (nSPS) is 11.8. The molecule has 2 heterocycles. The Morgan fingerprint density at radius 3 is 1.87 bits per heavy atom. The van der Waals surface area contributed by atoms with Crippen molar-refractivity contribution >= 4 is 92.1 Å². The smallest absolute Gasteiger partial charge is 0.135 e. The first-order chi connectivity index (χ1) is 23.3. The predicted octanol–water partition coefficient (Wildman–Crippen LogP) is 13.4. The number of nitrogens with zero attached hydrogens (tertiary/aromatic N) is 1. The van der Waals surface area contributed by atoms with Gasteiger partial charge < -0.3 is 9.32 Å². The van der Waals surface area contributed by atoms with E-state index in [2.05, 4.69) is 163 Å². The van der Waals surface area contributed by atoms with Crippen LogP contribution in [-0.4, -0.2) is 0 Å². The first-order valence-electron chi connectivity index (χ1n) is 15.9. The van der Waals surface area contributed by atoms with Gasteiger partial charge in [0.2, 0.25) is 0 Å². The van der Waals surface area contributed by atoms with Crippen LogP contribution in [0.3, 0.4) is 0 Å². The molecule has 0 unspecified atom stereocenters. The quantitative estimate of drug-likeness (QED) is 0.183. The molecular weight excluding hydrogens is 591 g/mol. The molecule has 0 aliphatic heterocycles. The fourth-order valence-electron chi connectivity index (χ4n) is 7.44. The molecule has 220 valence electrons. The zero-order valence-electron chi connectivity index (χ0n) is 25.4. The number of rotatable bonds is 4.